The quantitative estimate of drug-likeness (QED) is 0.406. The molecule has 1 rings (SSSR count). The van der Waals surface area contributed by atoms with Gasteiger partial charge in [-0.25, -0.2) is 17.9 Å². The van der Waals surface area contributed by atoms with Crippen LogP contribution in [-0.4, -0.2) is 51.4 Å². The molecule has 1 amide bonds. The van der Waals surface area contributed by atoms with Crippen molar-refractivity contribution in [3.63, 3.8) is 0 Å². The van der Waals surface area contributed by atoms with Crippen LogP contribution in [0.3, 0.4) is 0 Å². The van der Waals surface area contributed by atoms with E-state index >= 15 is 0 Å². The summed E-state index contributed by atoms with van der Waals surface area (Å²) in [6.45, 7) is -0.343. The van der Waals surface area contributed by atoms with E-state index in [1.165, 1.54) is 29.2 Å². The maximum atomic E-state index is 12.1. The number of amides is 1. The Morgan fingerprint density at radius 3 is 2.03 bits per heavy atom. The summed E-state index contributed by atoms with van der Waals surface area (Å²) in [4.78, 5) is 25.4. The molecule has 0 heterocycles. The number of ether oxygens (including phenoxy) is 1. The van der Waals surface area contributed by atoms with E-state index < -0.39 is 28.5 Å². The van der Waals surface area contributed by atoms with Gasteiger partial charge < -0.3 is 9.64 Å². The average molecular weight is 417 g/mol. The van der Waals surface area contributed by atoms with Gasteiger partial charge in [0.15, 0.2) is 6.61 Å². The Morgan fingerprint density at radius 1 is 0.966 bits per heavy atom. The Hall–Kier alpha value is -3.46. The highest BCUT2D eigenvalue weighted by Gasteiger charge is 2.18. The van der Waals surface area contributed by atoms with Crippen molar-refractivity contribution in [3.05, 3.63) is 29.8 Å². The van der Waals surface area contributed by atoms with E-state index in [-0.39, 0.29) is 49.4 Å². The first-order chi connectivity index (χ1) is 13.9. The van der Waals surface area contributed by atoms with Gasteiger partial charge in [-0.3, -0.25) is 4.79 Å². The lowest BCUT2D eigenvalue weighted by Gasteiger charge is -2.20. The molecule has 152 valence electrons. The van der Waals surface area contributed by atoms with Gasteiger partial charge in [0.1, 0.15) is 0 Å². The van der Waals surface area contributed by atoms with Gasteiger partial charge in [0.05, 0.1) is 41.5 Å². The van der Waals surface area contributed by atoms with Gasteiger partial charge >= 0.3 is 5.97 Å². The molecule has 0 fully saturated rings. The van der Waals surface area contributed by atoms with Crippen molar-refractivity contribution in [3.8, 4) is 18.2 Å². The fourth-order valence-corrected chi connectivity index (χ4v) is 3.16. The number of rotatable bonds is 11. The molecule has 29 heavy (non-hydrogen) atoms. The molecule has 10 nitrogen and oxygen atoms in total. The smallest absolute Gasteiger partial charge is 0.338 e. The van der Waals surface area contributed by atoms with Crippen LogP contribution in [-0.2, 0) is 19.6 Å². The van der Waals surface area contributed by atoms with E-state index in [2.05, 4.69) is 4.72 Å². The van der Waals surface area contributed by atoms with Gasteiger partial charge in [-0.1, -0.05) is 0 Å². The maximum Gasteiger partial charge on any atom is 0.338 e. The number of benzene rings is 1. The molecule has 0 saturated carbocycles. The Kier molecular flexibility index (Phi) is 9.83. The third kappa shape index (κ3) is 7.97. The van der Waals surface area contributed by atoms with Crippen LogP contribution in [0.1, 0.15) is 29.6 Å². The molecule has 1 aromatic rings. The van der Waals surface area contributed by atoms with Crippen molar-refractivity contribution >= 4 is 21.9 Å². The van der Waals surface area contributed by atoms with Gasteiger partial charge in [0, 0.05) is 26.1 Å². The molecule has 0 bridgehead atoms. The van der Waals surface area contributed by atoms with Crippen LogP contribution in [0.2, 0.25) is 0 Å². The molecule has 0 saturated heterocycles. The van der Waals surface area contributed by atoms with E-state index in [1.807, 2.05) is 18.2 Å². The lowest BCUT2D eigenvalue weighted by atomic mass is 10.2. The van der Waals surface area contributed by atoms with Crippen molar-refractivity contribution in [2.45, 2.75) is 24.2 Å². The number of hydrogen-bond acceptors (Lipinski definition) is 8. The topological polar surface area (TPSA) is 164 Å². The molecule has 0 spiro atoms. The minimum Gasteiger partial charge on any atom is -0.452 e. The SMILES string of the molecule is N#CCCNS(=O)(=O)c1ccc(C(=O)OCC(=O)N(CCC#N)CCC#N)cc1. The second-order valence-corrected chi connectivity index (χ2v) is 7.37. The molecule has 0 aliphatic heterocycles. The van der Waals surface area contributed by atoms with Gasteiger partial charge in [0.2, 0.25) is 10.0 Å². The van der Waals surface area contributed by atoms with Crippen LogP contribution >= 0.6 is 0 Å². The molecule has 1 aromatic carbocycles. The second-order valence-electron chi connectivity index (χ2n) is 5.60. The lowest BCUT2D eigenvalue weighted by Crippen LogP contribution is -2.36. The van der Waals surface area contributed by atoms with E-state index in [0.29, 0.717) is 0 Å². The monoisotopic (exact) mass is 417 g/mol. The van der Waals surface area contributed by atoms with Crippen LogP contribution in [0.5, 0.6) is 0 Å². The third-order valence-electron chi connectivity index (χ3n) is 3.60. The van der Waals surface area contributed by atoms with Crippen LogP contribution in [0.15, 0.2) is 29.2 Å². The summed E-state index contributed by atoms with van der Waals surface area (Å²) in [7, 11) is -3.80. The highest BCUT2D eigenvalue weighted by molar-refractivity contribution is 7.89. The fraction of sp³-hybridized carbons (Fsp3) is 0.389. The van der Waals surface area contributed by atoms with E-state index in [0.717, 1.165) is 0 Å². The Bertz CT molecular complexity index is 921. The number of nitriles is 3. The Morgan fingerprint density at radius 2 is 1.52 bits per heavy atom. The molecular formula is C18H19N5O5S. The van der Waals surface area contributed by atoms with Crippen molar-refractivity contribution in [2.24, 2.45) is 0 Å². The number of nitrogens with zero attached hydrogens (tertiary/aromatic N) is 4. The van der Waals surface area contributed by atoms with Crippen LogP contribution in [0.4, 0.5) is 0 Å². The summed E-state index contributed by atoms with van der Waals surface area (Å²) in [6.07, 6.45) is 0.199. The molecule has 0 aliphatic carbocycles. The summed E-state index contributed by atoms with van der Waals surface area (Å²) >= 11 is 0. The summed E-state index contributed by atoms with van der Waals surface area (Å²) in [5.41, 5.74) is 0.0503. The number of carbonyl (C=O) groups excluding carboxylic acids is 2. The minimum atomic E-state index is -3.80. The average Bonchev–Trinajstić information content (AvgIpc) is 2.72. The zero-order valence-corrected chi connectivity index (χ0v) is 16.3. The van der Waals surface area contributed by atoms with Crippen LogP contribution in [0, 0.1) is 34.0 Å². The molecule has 11 heteroatoms. The molecule has 1 N–H and O–H groups in total. The number of carbonyl (C=O) groups is 2. The second kappa shape index (κ2) is 12.1. The number of esters is 1. The standard InChI is InChI=1S/C18H19N5O5S/c19-8-1-11-22-29(26,27)16-6-4-15(5-7-16)18(25)28-14-17(24)23(12-2-9-20)13-3-10-21/h4-7,22H,1-3,11-14H2. The zero-order chi connectivity index (χ0) is 21.7. The van der Waals surface area contributed by atoms with E-state index in [1.54, 1.807) is 0 Å². The molecule has 0 aromatic heterocycles. The van der Waals surface area contributed by atoms with Crippen molar-refractivity contribution in [2.75, 3.05) is 26.2 Å². The first kappa shape index (κ1) is 23.6. The molecule has 0 unspecified atom stereocenters. The fourth-order valence-electron chi connectivity index (χ4n) is 2.13. The summed E-state index contributed by atoms with van der Waals surface area (Å²) in [5, 5.41) is 25.7. The first-order valence-corrected chi connectivity index (χ1v) is 9.99. The summed E-state index contributed by atoms with van der Waals surface area (Å²) < 4.78 is 31.2. The highest BCUT2D eigenvalue weighted by Crippen LogP contribution is 2.11. The van der Waals surface area contributed by atoms with E-state index in [4.69, 9.17) is 20.5 Å². The van der Waals surface area contributed by atoms with Crippen molar-refractivity contribution in [1.29, 1.82) is 15.8 Å². The predicted molar refractivity (Wildman–Crippen MR) is 99.2 cm³/mol. The Labute approximate surface area is 168 Å². The molecule has 0 radical (unpaired) electrons. The van der Waals surface area contributed by atoms with Crippen molar-refractivity contribution in [1.82, 2.24) is 9.62 Å². The van der Waals surface area contributed by atoms with Gasteiger partial charge in [-0.2, -0.15) is 15.8 Å². The largest absolute Gasteiger partial charge is 0.452 e. The van der Waals surface area contributed by atoms with Gasteiger partial charge in [0.25, 0.3) is 5.91 Å². The van der Waals surface area contributed by atoms with Gasteiger partial charge in [-0.15, -0.1) is 0 Å². The normalized spacial score (nSPS) is 10.2. The third-order valence-corrected chi connectivity index (χ3v) is 5.07. The number of nitrogens with one attached hydrogen (secondary N) is 1. The van der Waals surface area contributed by atoms with Crippen LogP contribution in [0.25, 0.3) is 0 Å². The predicted octanol–water partition coefficient (Wildman–Crippen LogP) is 0.691. The molecule has 0 atom stereocenters. The van der Waals surface area contributed by atoms with Crippen LogP contribution < -0.4 is 4.72 Å². The summed E-state index contributed by atoms with van der Waals surface area (Å²) in [6, 6.07) is 10.5. The maximum absolute atomic E-state index is 12.1. The van der Waals surface area contributed by atoms with Gasteiger partial charge in [-0.05, 0) is 24.3 Å². The zero-order valence-electron chi connectivity index (χ0n) is 15.5. The number of sulfonamides is 1. The molecular weight excluding hydrogens is 398 g/mol. The Balaban J connectivity index is 2.68. The van der Waals surface area contributed by atoms with Crippen molar-refractivity contribution < 1.29 is 22.7 Å². The highest BCUT2D eigenvalue weighted by atomic mass is 32.2. The molecule has 0 aliphatic rings. The summed E-state index contributed by atoms with van der Waals surface area (Å²) in [5.74, 6) is -1.36. The minimum absolute atomic E-state index is 0.0252. The number of hydrogen-bond donors (Lipinski definition) is 1. The first-order valence-electron chi connectivity index (χ1n) is 8.51. The van der Waals surface area contributed by atoms with E-state index in [9.17, 15) is 18.0 Å². The lowest BCUT2D eigenvalue weighted by molar-refractivity contribution is -0.134.